The van der Waals surface area contributed by atoms with Crippen LogP contribution in [0.5, 0.6) is 5.88 Å². The van der Waals surface area contributed by atoms with Crippen molar-refractivity contribution in [2.24, 2.45) is 0 Å². The number of ether oxygens (including phenoxy) is 1. The molecule has 0 saturated carbocycles. The van der Waals surface area contributed by atoms with Crippen LogP contribution in [-0.2, 0) is 12.8 Å². The number of hydrogen-bond acceptors (Lipinski definition) is 5. The van der Waals surface area contributed by atoms with Gasteiger partial charge in [-0.25, -0.2) is 9.97 Å². The van der Waals surface area contributed by atoms with Crippen molar-refractivity contribution in [1.29, 1.82) is 0 Å². The van der Waals surface area contributed by atoms with Crippen LogP contribution >= 0.6 is 11.3 Å². The summed E-state index contributed by atoms with van der Waals surface area (Å²) in [6.45, 7) is 5.64. The van der Waals surface area contributed by atoms with E-state index in [1.54, 1.807) is 17.7 Å². The largest absolute Gasteiger partial charge is 0.477 e. The highest BCUT2D eigenvalue weighted by atomic mass is 32.1. The van der Waals surface area contributed by atoms with Gasteiger partial charge in [-0.2, -0.15) is 0 Å². The standard InChI is InChI=1S/C14H19N3OS/c1-3-12-13(15-4-2)16-10-17-14(12)18-8-7-11-6-5-9-19-11/h5-6,9-10H,3-4,7-8H2,1-2H3,(H,15,16,17). The van der Waals surface area contributed by atoms with Crippen LogP contribution in [0.4, 0.5) is 5.82 Å². The Morgan fingerprint density at radius 3 is 2.89 bits per heavy atom. The second-order valence-electron chi connectivity index (χ2n) is 4.07. The molecule has 0 fully saturated rings. The van der Waals surface area contributed by atoms with Gasteiger partial charge in [-0.1, -0.05) is 13.0 Å². The van der Waals surface area contributed by atoms with Gasteiger partial charge in [0, 0.05) is 17.8 Å². The van der Waals surface area contributed by atoms with Crippen molar-refractivity contribution in [2.75, 3.05) is 18.5 Å². The number of thiophene rings is 1. The Labute approximate surface area is 117 Å². The third-order valence-corrected chi connectivity index (χ3v) is 3.71. The summed E-state index contributed by atoms with van der Waals surface area (Å²) in [4.78, 5) is 9.83. The van der Waals surface area contributed by atoms with Gasteiger partial charge in [-0.05, 0) is 24.8 Å². The zero-order valence-electron chi connectivity index (χ0n) is 11.3. The van der Waals surface area contributed by atoms with E-state index in [9.17, 15) is 0 Å². The number of anilines is 1. The fourth-order valence-corrected chi connectivity index (χ4v) is 2.55. The molecule has 2 heterocycles. The lowest BCUT2D eigenvalue weighted by Crippen LogP contribution is -2.09. The van der Waals surface area contributed by atoms with Crippen molar-refractivity contribution in [3.05, 3.63) is 34.3 Å². The zero-order chi connectivity index (χ0) is 13.5. The zero-order valence-corrected chi connectivity index (χ0v) is 12.2. The molecule has 0 bridgehead atoms. The molecule has 0 aliphatic rings. The fourth-order valence-electron chi connectivity index (χ4n) is 1.86. The molecule has 2 rings (SSSR count). The molecular formula is C14H19N3OS. The van der Waals surface area contributed by atoms with E-state index in [2.05, 4.69) is 46.6 Å². The van der Waals surface area contributed by atoms with Crippen molar-refractivity contribution in [1.82, 2.24) is 9.97 Å². The first-order valence-corrected chi connectivity index (χ1v) is 7.46. The predicted molar refractivity (Wildman–Crippen MR) is 79.1 cm³/mol. The van der Waals surface area contributed by atoms with Crippen LogP contribution in [-0.4, -0.2) is 23.1 Å². The first kappa shape index (κ1) is 13.8. The number of aromatic nitrogens is 2. The van der Waals surface area contributed by atoms with E-state index >= 15 is 0 Å². The van der Waals surface area contributed by atoms with Crippen LogP contribution in [0.1, 0.15) is 24.3 Å². The minimum atomic E-state index is 0.649. The van der Waals surface area contributed by atoms with E-state index in [0.717, 1.165) is 30.8 Å². The maximum Gasteiger partial charge on any atom is 0.221 e. The highest BCUT2D eigenvalue weighted by Gasteiger charge is 2.10. The second kappa shape index (κ2) is 7.09. The van der Waals surface area contributed by atoms with Crippen LogP contribution in [0.25, 0.3) is 0 Å². The van der Waals surface area contributed by atoms with Crippen molar-refractivity contribution >= 4 is 17.2 Å². The minimum absolute atomic E-state index is 0.649. The summed E-state index contributed by atoms with van der Waals surface area (Å²) < 4.78 is 5.80. The Morgan fingerprint density at radius 2 is 2.21 bits per heavy atom. The lowest BCUT2D eigenvalue weighted by Gasteiger charge is -2.12. The van der Waals surface area contributed by atoms with Crippen molar-refractivity contribution in [3.8, 4) is 5.88 Å². The molecule has 0 atom stereocenters. The predicted octanol–water partition coefficient (Wildman–Crippen LogP) is 3.15. The Hall–Kier alpha value is -1.62. The van der Waals surface area contributed by atoms with Crippen LogP contribution in [0.2, 0.25) is 0 Å². The van der Waals surface area contributed by atoms with Crippen molar-refractivity contribution in [3.63, 3.8) is 0 Å². The molecule has 19 heavy (non-hydrogen) atoms. The van der Waals surface area contributed by atoms with E-state index in [0.29, 0.717) is 12.5 Å². The third kappa shape index (κ3) is 3.67. The fraction of sp³-hybridized carbons (Fsp3) is 0.429. The van der Waals surface area contributed by atoms with E-state index in [1.807, 2.05) is 0 Å². The van der Waals surface area contributed by atoms with Crippen molar-refractivity contribution < 1.29 is 4.74 Å². The molecule has 0 amide bonds. The summed E-state index contributed by atoms with van der Waals surface area (Å²) in [6.07, 6.45) is 3.33. The monoisotopic (exact) mass is 277 g/mol. The first-order chi connectivity index (χ1) is 9.35. The Balaban J connectivity index is 2.00. The molecule has 2 aromatic rings. The summed E-state index contributed by atoms with van der Waals surface area (Å²) >= 11 is 1.75. The Morgan fingerprint density at radius 1 is 1.32 bits per heavy atom. The van der Waals surface area contributed by atoms with E-state index < -0.39 is 0 Å². The molecule has 0 unspecified atom stereocenters. The molecular weight excluding hydrogens is 258 g/mol. The summed E-state index contributed by atoms with van der Waals surface area (Å²) in [5, 5.41) is 5.33. The molecule has 4 nitrogen and oxygen atoms in total. The van der Waals surface area contributed by atoms with Crippen LogP contribution in [0, 0.1) is 0 Å². The van der Waals surface area contributed by atoms with Gasteiger partial charge in [0.15, 0.2) is 0 Å². The average Bonchev–Trinajstić information content (AvgIpc) is 2.93. The van der Waals surface area contributed by atoms with Gasteiger partial charge in [-0.15, -0.1) is 11.3 Å². The highest BCUT2D eigenvalue weighted by molar-refractivity contribution is 7.09. The summed E-state index contributed by atoms with van der Waals surface area (Å²) in [5.41, 5.74) is 1.05. The van der Waals surface area contributed by atoms with Gasteiger partial charge < -0.3 is 10.1 Å². The van der Waals surface area contributed by atoms with Gasteiger partial charge in [0.05, 0.1) is 12.2 Å². The molecule has 0 radical (unpaired) electrons. The maximum atomic E-state index is 5.80. The summed E-state index contributed by atoms with van der Waals surface area (Å²) in [6, 6.07) is 4.18. The first-order valence-electron chi connectivity index (χ1n) is 6.58. The topological polar surface area (TPSA) is 47.0 Å². The number of nitrogens with one attached hydrogen (secondary N) is 1. The molecule has 0 aliphatic heterocycles. The molecule has 0 saturated heterocycles. The minimum Gasteiger partial charge on any atom is -0.477 e. The van der Waals surface area contributed by atoms with Gasteiger partial charge in [0.1, 0.15) is 12.1 Å². The summed E-state index contributed by atoms with van der Waals surface area (Å²) in [5.74, 6) is 1.58. The van der Waals surface area contributed by atoms with Gasteiger partial charge >= 0.3 is 0 Å². The van der Waals surface area contributed by atoms with Crippen molar-refractivity contribution in [2.45, 2.75) is 26.7 Å². The number of hydrogen-bond donors (Lipinski definition) is 1. The van der Waals surface area contributed by atoms with E-state index in [1.165, 1.54) is 4.88 Å². The summed E-state index contributed by atoms with van der Waals surface area (Å²) in [7, 11) is 0. The lowest BCUT2D eigenvalue weighted by atomic mass is 10.2. The van der Waals surface area contributed by atoms with Crippen LogP contribution in [0.3, 0.4) is 0 Å². The van der Waals surface area contributed by atoms with Crippen LogP contribution < -0.4 is 10.1 Å². The second-order valence-corrected chi connectivity index (χ2v) is 5.10. The highest BCUT2D eigenvalue weighted by Crippen LogP contribution is 2.22. The Kier molecular flexibility index (Phi) is 5.15. The van der Waals surface area contributed by atoms with Gasteiger partial charge in [0.25, 0.3) is 0 Å². The molecule has 102 valence electrons. The lowest BCUT2D eigenvalue weighted by molar-refractivity contribution is 0.306. The van der Waals surface area contributed by atoms with Gasteiger partial charge in [0.2, 0.25) is 5.88 Å². The normalized spacial score (nSPS) is 10.4. The van der Waals surface area contributed by atoms with E-state index in [4.69, 9.17) is 4.74 Å². The quantitative estimate of drug-likeness (QED) is 0.844. The van der Waals surface area contributed by atoms with E-state index in [-0.39, 0.29) is 0 Å². The number of nitrogens with zero attached hydrogens (tertiary/aromatic N) is 2. The van der Waals surface area contributed by atoms with Crippen LogP contribution in [0.15, 0.2) is 23.8 Å². The molecule has 2 aromatic heterocycles. The Bertz CT molecular complexity index is 499. The average molecular weight is 277 g/mol. The SMILES string of the molecule is CCNc1ncnc(OCCc2cccs2)c1CC. The third-order valence-electron chi connectivity index (χ3n) is 2.77. The molecule has 0 aliphatic carbocycles. The molecule has 0 spiro atoms. The maximum absolute atomic E-state index is 5.80. The molecule has 1 N–H and O–H groups in total. The smallest absolute Gasteiger partial charge is 0.221 e. The van der Waals surface area contributed by atoms with Gasteiger partial charge in [-0.3, -0.25) is 0 Å². The number of rotatable bonds is 7. The molecule has 5 heteroatoms. The molecule has 0 aromatic carbocycles.